The summed E-state index contributed by atoms with van der Waals surface area (Å²) in [6.07, 6.45) is 1.44. The lowest BCUT2D eigenvalue weighted by Gasteiger charge is -2.45. The van der Waals surface area contributed by atoms with Crippen LogP contribution < -0.4 is 4.74 Å². The number of amides is 3. The van der Waals surface area contributed by atoms with Crippen LogP contribution >= 0.6 is 0 Å². The van der Waals surface area contributed by atoms with Crippen molar-refractivity contribution in [3.63, 3.8) is 0 Å². The number of ether oxygens (including phenoxy) is 2. The van der Waals surface area contributed by atoms with Gasteiger partial charge in [-0.25, -0.2) is 0 Å². The molecule has 9 nitrogen and oxygen atoms in total. The molecule has 3 aliphatic rings. The first-order valence-electron chi connectivity index (χ1n) is 12.9. The van der Waals surface area contributed by atoms with Gasteiger partial charge in [-0.2, -0.15) is 0 Å². The summed E-state index contributed by atoms with van der Waals surface area (Å²) in [5, 5.41) is 0. The van der Waals surface area contributed by atoms with Crippen LogP contribution in [-0.4, -0.2) is 109 Å². The van der Waals surface area contributed by atoms with Gasteiger partial charge in [0.1, 0.15) is 17.5 Å². The number of nitrogens with zero attached hydrogens (tertiary/aromatic N) is 4. The van der Waals surface area contributed by atoms with Gasteiger partial charge >= 0.3 is 0 Å². The Bertz CT molecular complexity index is 957. The maximum atomic E-state index is 13.9. The lowest BCUT2D eigenvalue weighted by atomic mass is 9.90. The largest absolute Gasteiger partial charge is 0.497 e. The summed E-state index contributed by atoms with van der Waals surface area (Å²) >= 11 is 0. The number of likely N-dealkylation sites (N-methyl/N-ethyl adjacent to an activating group) is 1. The molecule has 4 rings (SSSR count). The predicted molar refractivity (Wildman–Crippen MR) is 136 cm³/mol. The normalized spacial score (nSPS) is 22.7. The Morgan fingerprint density at radius 3 is 2.14 bits per heavy atom. The highest BCUT2D eigenvalue weighted by Gasteiger charge is 2.55. The van der Waals surface area contributed by atoms with Crippen LogP contribution in [0.4, 0.5) is 0 Å². The van der Waals surface area contributed by atoms with Crippen LogP contribution in [0.25, 0.3) is 0 Å². The third-order valence-electron chi connectivity index (χ3n) is 7.50. The van der Waals surface area contributed by atoms with E-state index in [1.165, 1.54) is 0 Å². The maximum Gasteiger partial charge on any atom is 0.256 e. The van der Waals surface area contributed by atoms with Crippen molar-refractivity contribution in [3.05, 3.63) is 29.8 Å². The molecule has 0 aromatic heterocycles. The molecular weight excluding hydrogens is 460 g/mol. The summed E-state index contributed by atoms with van der Waals surface area (Å²) in [6, 6.07) is 6.28. The molecule has 3 aliphatic heterocycles. The van der Waals surface area contributed by atoms with Gasteiger partial charge in [-0.1, -0.05) is 20.8 Å². The zero-order chi connectivity index (χ0) is 26.1. The molecule has 0 radical (unpaired) electrons. The molecule has 1 spiro atoms. The van der Waals surface area contributed by atoms with Gasteiger partial charge in [0.05, 0.1) is 13.7 Å². The molecule has 198 valence electrons. The van der Waals surface area contributed by atoms with Crippen LogP contribution in [0.3, 0.4) is 0 Å². The van der Waals surface area contributed by atoms with E-state index in [1.807, 2.05) is 16.8 Å². The average molecular weight is 501 g/mol. The molecule has 3 saturated heterocycles. The molecule has 0 aliphatic carbocycles. The highest BCUT2D eigenvalue weighted by molar-refractivity contribution is 5.98. The summed E-state index contributed by atoms with van der Waals surface area (Å²) in [6.45, 7) is 10.2. The van der Waals surface area contributed by atoms with E-state index >= 15 is 0 Å². The summed E-state index contributed by atoms with van der Waals surface area (Å²) in [5.74, 6) is 0.494. The number of benzene rings is 1. The number of piperidine rings is 1. The Morgan fingerprint density at radius 1 is 0.972 bits per heavy atom. The van der Waals surface area contributed by atoms with Gasteiger partial charge in [0.25, 0.3) is 5.91 Å². The van der Waals surface area contributed by atoms with Gasteiger partial charge in [0, 0.05) is 64.1 Å². The fourth-order valence-electron chi connectivity index (χ4n) is 5.34. The standard InChI is InChI=1S/C27H40N4O5/c1-26(2,3)18-23(32)29-12-10-27(11-13-29)31(24(33)20-6-8-21(35-5)9-7-20)22(19-36-27)25(34)30-16-14-28(4)15-17-30/h6-9,22H,10-19H2,1-5H3. The number of hydrogen-bond acceptors (Lipinski definition) is 6. The van der Waals surface area contributed by atoms with E-state index in [9.17, 15) is 14.4 Å². The topological polar surface area (TPSA) is 82.6 Å². The lowest BCUT2D eigenvalue weighted by Crippen LogP contribution is -2.61. The van der Waals surface area contributed by atoms with Gasteiger partial charge in [-0.3, -0.25) is 19.3 Å². The second-order valence-electron chi connectivity index (χ2n) is 11.4. The maximum absolute atomic E-state index is 13.9. The zero-order valence-electron chi connectivity index (χ0n) is 22.3. The van der Waals surface area contributed by atoms with Crippen molar-refractivity contribution in [2.24, 2.45) is 5.41 Å². The smallest absolute Gasteiger partial charge is 0.256 e. The molecular formula is C27H40N4O5. The van der Waals surface area contributed by atoms with Crippen LogP contribution in [0.15, 0.2) is 24.3 Å². The highest BCUT2D eigenvalue weighted by atomic mass is 16.5. The molecule has 1 aromatic carbocycles. The molecule has 1 aromatic rings. The number of methoxy groups -OCH3 is 1. The fraction of sp³-hybridized carbons (Fsp3) is 0.667. The Hall–Kier alpha value is -2.65. The molecule has 1 atom stereocenters. The number of rotatable bonds is 4. The minimum absolute atomic E-state index is 0.0620. The molecule has 1 unspecified atom stereocenters. The van der Waals surface area contributed by atoms with Crippen LogP contribution in [0.5, 0.6) is 5.75 Å². The third-order valence-corrected chi connectivity index (χ3v) is 7.50. The van der Waals surface area contributed by atoms with Crippen molar-refractivity contribution in [2.45, 2.75) is 51.8 Å². The molecule has 3 heterocycles. The second-order valence-corrected chi connectivity index (χ2v) is 11.4. The number of likely N-dealkylation sites (tertiary alicyclic amines) is 1. The summed E-state index contributed by atoms with van der Waals surface area (Å²) in [7, 11) is 3.63. The monoisotopic (exact) mass is 500 g/mol. The van der Waals surface area contributed by atoms with Crippen molar-refractivity contribution >= 4 is 17.7 Å². The van der Waals surface area contributed by atoms with Gasteiger partial charge in [-0.15, -0.1) is 0 Å². The molecule has 9 heteroatoms. The molecule has 0 saturated carbocycles. The Balaban J connectivity index is 1.57. The van der Waals surface area contributed by atoms with E-state index in [0.717, 1.165) is 13.1 Å². The van der Waals surface area contributed by atoms with E-state index in [0.29, 0.717) is 56.8 Å². The quantitative estimate of drug-likeness (QED) is 0.630. The molecule has 3 fully saturated rings. The number of hydrogen-bond donors (Lipinski definition) is 0. The number of carbonyl (C=O) groups excluding carboxylic acids is 3. The van der Waals surface area contributed by atoms with Gasteiger partial charge in [-0.05, 0) is 36.7 Å². The highest BCUT2D eigenvalue weighted by Crippen LogP contribution is 2.39. The first-order valence-corrected chi connectivity index (χ1v) is 12.9. The average Bonchev–Trinajstić information content (AvgIpc) is 3.21. The van der Waals surface area contributed by atoms with Gasteiger partial charge < -0.3 is 24.2 Å². The Labute approximate surface area is 214 Å². The Kier molecular flexibility index (Phi) is 7.61. The first kappa shape index (κ1) is 26.4. The fourth-order valence-corrected chi connectivity index (χ4v) is 5.34. The van der Waals surface area contributed by atoms with E-state index in [1.54, 1.807) is 36.3 Å². The minimum atomic E-state index is -0.900. The van der Waals surface area contributed by atoms with Gasteiger partial charge in [0.15, 0.2) is 0 Å². The van der Waals surface area contributed by atoms with Crippen LogP contribution in [-0.2, 0) is 14.3 Å². The lowest BCUT2D eigenvalue weighted by molar-refractivity contribution is -0.147. The zero-order valence-corrected chi connectivity index (χ0v) is 22.3. The first-order chi connectivity index (χ1) is 17.0. The minimum Gasteiger partial charge on any atom is -0.497 e. The van der Waals surface area contributed by atoms with Crippen molar-refractivity contribution < 1.29 is 23.9 Å². The van der Waals surface area contributed by atoms with E-state index in [-0.39, 0.29) is 29.7 Å². The molecule has 0 bridgehead atoms. The molecule has 3 amide bonds. The van der Waals surface area contributed by atoms with Crippen LogP contribution in [0, 0.1) is 5.41 Å². The van der Waals surface area contributed by atoms with Crippen molar-refractivity contribution in [1.29, 1.82) is 0 Å². The van der Waals surface area contributed by atoms with E-state index in [2.05, 4.69) is 25.7 Å². The van der Waals surface area contributed by atoms with Crippen molar-refractivity contribution in [1.82, 2.24) is 19.6 Å². The van der Waals surface area contributed by atoms with Crippen molar-refractivity contribution in [3.8, 4) is 5.75 Å². The van der Waals surface area contributed by atoms with Crippen LogP contribution in [0.1, 0.15) is 50.4 Å². The van der Waals surface area contributed by atoms with Crippen molar-refractivity contribution in [2.75, 3.05) is 60.0 Å². The SMILES string of the molecule is COc1ccc(C(=O)N2C(C(=O)N3CCN(C)CC3)COC23CCN(C(=O)CC(C)(C)C)CC3)cc1. The van der Waals surface area contributed by atoms with Crippen LogP contribution in [0.2, 0.25) is 0 Å². The molecule has 0 N–H and O–H groups in total. The predicted octanol–water partition coefficient (Wildman–Crippen LogP) is 2.07. The summed E-state index contributed by atoms with van der Waals surface area (Å²) < 4.78 is 11.6. The van der Waals surface area contributed by atoms with E-state index in [4.69, 9.17) is 9.47 Å². The Morgan fingerprint density at radius 2 is 1.58 bits per heavy atom. The summed E-state index contributed by atoms with van der Waals surface area (Å²) in [5.41, 5.74) is -0.502. The third kappa shape index (κ3) is 5.52. The van der Waals surface area contributed by atoms with E-state index < -0.39 is 11.8 Å². The molecule has 36 heavy (non-hydrogen) atoms. The number of carbonyl (C=O) groups is 3. The van der Waals surface area contributed by atoms with Gasteiger partial charge in [0.2, 0.25) is 11.8 Å². The summed E-state index contributed by atoms with van der Waals surface area (Å²) in [4.78, 5) is 48.0. The number of piperazine rings is 1. The second kappa shape index (κ2) is 10.4.